The molecular weight excluding hydrogens is 332 g/mol. The maximum absolute atomic E-state index is 12.4. The number of hydrogen-bond donors (Lipinski definition) is 1. The molecule has 0 bridgehead atoms. The molecule has 1 atom stereocenters. The van der Waals surface area contributed by atoms with Gasteiger partial charge in [0.05, 0.1) is 12.8 Å². The van der Waals surface area contributed by atoms with Crippen molar-refractivity contribution in [1.29, 1.82) is 0 Å². The quantitative estimate of drug-likeness (QED) is 0.903. The van der Waals surface area contributed by atoms with E-state index in [1.54, 1.807) is 27.0 Å². The van der Waals surface area contributed by atoms with Crippen LogP contribution in [-0.2, 0) is 10.0 Å². The van der Waals surface area contributed by atoms with Crippen LogP contribution in [0.2, 0.25) is 4.47 Å². The largest absolute Gasteiger partial charge is 0.496 e. The van der Waals surface area contributed by atoms with Crippen molar-refractivity contribution in [2.75, 3.05) is 7.11 Å². The molecule has 1 heterocycles. The Bertz CT molecular complexity index is 744. The molecule has 0 amide bonds. The minimum Gasteiger partial charge on any atom is -0.496 e. The van der Waals surface area contributed by atoms with Crippen LogP contribution in [0.4, 0.5) is 0 Å². The van der Waals surface area contributed by atoms with Crippen LogP contribution in [-0.4, -0.2) is 20.5 Å². The lowest BCUT2D eigenvalue weighted by molar-refractivity contribution is 0.405. The van der Waals surface area contributed by atoms with Crippen molar-refractivity contribution in [3.8, 4) is 5.75 Å². The predicted octanol–water partition coefficient (Wildman–Crippen LogP) is 3.15. The van der Waals surface area contributed by atoms with Gasteiger partial charge in [0.2, 0.25) is 0 Å². The van der Waals surface area contributed by atoms with Gasteiger partial charge in [-0.1, -0.05) is 41.1 Å². The van der Waals surface area contributed by atoms with E-state index >= 15 is 0 Å². The predicted molar refractivity (Wildman–Crippen MR) is 83.6 cm³/mol. The topological polar surface area (TPSA) is 68.3 Å². The zero-order chi connectivity index (χ0) is 15.6. The molecule has 1 aromatic carbocycles. The Kier molecular flexibility index (Phi) is 4.88. The average Bonchev–Trinajstić information content (AvgIpc) is 2.78. The van der Waals surface area contributed by atoms with Crippen LogP contribution >= 0.6 is 22.9 Å². The maximum Gasteiger partial charge on any atom is 0.252 e. The van der Waals surface area contributed by atoms with E-state index in [-0.39, 0.29) is 8.68 Å². The molecule has 2 aromatic rings. The number of aromatic nitrogens is 1. The normalized spacial score (nSPS) is 13.1. The summed E-state index contributed by atoms with van der Waals surface area (Å²) >= 11 is 6.71. The van der Waals surface area contributed by atoms with Crippen molar-refractivity contribution in [3.05, 3.63) is 40.0 Å². The lowest BCUT2D eigenvalue weighted by atomic mass is 10.1. The Morgan fingerprint density at radius 1 is 1.38 bits per heavy atom. The van der Waals surface area contributed by atoms with Crippen LogP contribution < -0.4 is 9.46 Å². The Morgan fingerprint density at radius 2 is 2.05 bits per heavy atom. The third kappa shape index (κ3) is 3.55. The first-order valence-electron chi connectivity index (χ1n) is 6.13. The second-order valence-electron chi connectivity index (χ2n) is 4.42. The van der Waals surface area contributed by atoms with Crippen molar-refractivity contribution < 1.29 is 13.2 Å². The first-order valence-corrected chi connectivity index (χ1v) is 8.81. The Hall–Kier alpha value is -1.15. The van der Waals surface area contributed by atoms with Gasteiger partial charge in [0.15, 0.2) is 8.68 Å². The zero-order valence-electron chi connectivity index (χ0n) is 11.8. The van der Waals surface area contributed by atoms with E-state index in [1.807, 2.05) is 18.2 Å². The Morgan fingerprint density at radius 3 is 2.62 bits per heavy atom. The van der Waals surface area contributed by atoms with E-state index in [0.717, 1.165) is 16.9 Å². The highest BCUT2D eigenvalue weighted by Gasteiger charge is 2.25. The summed E-state index contributed by atoms with van der Waals surface area (Å²) in [7, 11) is -2.13. The van der Waals surface area contributed by atoms with Gasteiger partial charge in [-0.2, -0.15) is 0 Å². The molecule has 0 aliphatic carbocycles. The number of hydrogen-bond acceptors (Lipinski definition) is 5. The summed E-state index contributed by atoms with van der Waals surface area (Å²) in [5, 5.41) is 0. The lowest BCUT2D eigenvalue weighted by Crippen LogP contribution is -2.27. The molecule has 1 unspecified atom stereocenters. The number of halogens is 1. The SMILES string of the molecule is COc1ccccc1C(C)NS(=O)(=O)c1sc(Cl)nc1C. The van der Waals surface area contributed by atoms with Gasteiger partial charge >= 0.3 is 0 Å². The van der Waals surface area contributed by atoms with Crippen molar-refractivity contribution in [3.63, 3.8) is 0 Å². The monoisotopic (exact) mass is 346 g/mol. The highest BCUT2D eigenvalue weighted by Crippen LogP contribution is 2.30. The smallest absolute Gasteiger partial charge is 0.252 e. The number of methoxy groups -OCH3 is 1. The molecule has 0 aliphatic heterocycles. The van der Waals surface area contributed by atoms with Crippen molar-refractivity contribution in [2.45, 2.75) is 24.1 Å². The third-order valence-corrected chi connectivity index (χ3v) is 6.32. The standard InChI is InChI=1S/C13H15ClN2O3S2/c1-8(10-6-4-5-7-11(10)19-3)16-21(17,18)12-9(2)15-13(14)20-12/h4-8,16H,1-3H3. The molecule has 0 spiro atoms. The van der Waals surface area contributed by atoms with Crippen LogP contribution in [0, 0.1) is 6.92 Å². The second kappa shape index (κ2) is 6.31. The van der Waals surface area contributed by atoms with Crippen LogP contribution in [0.25, 0.3) is 0 Å². The maximum atomic E-state index is 12.4. The average molecular weight is 347 g/mol. The highest BCUT2D eigenvalue weighted by molar-refractivity contribution is 7.91. The number of para-hydroxylation sites is 1. The van der Waals surface area contributed by atoms with Crippen molar-refractivity contribution >= 4 is 33.0 Å². The fraction of sp³-hybridized carbons (Fsp3) is 0.308. The van der Waals surface area contributed by atoms with Gasteiger partial charge in [-0.3, -0.25) is 0 Å². The summed E-state index contributed by atoms with van der Waals surface area (Å²) in [6.07, 6.45) is 0. The molecule has 1 N–H and O–H groups in total. The summed E-state index contributed by atoms with van der Waals surface area (Å²) in [4.78, 5) is 3.93. The van der Waals surface area contributed by atoms with E-state index in [4.69, 9.17) is 16.3 Å². The van der Waals surface area contributed by atoms with E-state index in [2.05, 4.69) is 9.71 Å². The van der Waals surface area contributed by atoms with Gasteiger partial charge in [-0.05, 0) is 19.9 Å². The summed E-state index contributed by atoms with van der Waals surface area (Å²) in [5.41, 5.74) is 1.15. The van der Waals surface area contributed by atoms with E-state index in [1.165, 1.54) is 0 Å². The highest BCUT2D eigenvalue weighted by atomic mass is 35.5. The van der Waals surface area contributed by atoms with E-state index in [0.29, 0.717) is 11.4 Å². The van der Waals surface area contributed by atoms with Gasteiger partial charge in [-0.15, -0.1) is 0 Å². The van der Waals surface area contributed by atoms with Gasteiger partial charge in [0, 0.05) is 11.6 Å². The zero-order valence-corrected chi connectivity index (χ0v) is 14.1. The summed E-state index contributed by atoms with van der Waals surface area (Å²) in [6.45, 7) is 3.37. The van der Waals surface area contributed by atoms with Crippen LogP contribution in [0.15, 0.2) is 28.5 Å². The molecule has 0 saturated carbocycles. The molecule has 0 radical (unpaired) electrons. The number of nitrogens with zero attached hydrogens (tertiary/aromatic N) is 1. The van der Waals surface area contributed by atoms with E-state index < -0.39 is 16.1 Å². The summed E-state index contributed by atoms with van der Waals surface area (Å²) in [6, 6.07) is 6.83. The van der Waals surface area contributed by atoms with Gasteiger partial charge < -0.3 is 4.74 Å². The molecule has 0 aliphatic rings. The fourth-order valence-electron chi connectivity index (χ4n) is 1.97. The first kappa shape index (κ1) is 16.2. The number of ether oxygens (including phenoxy) is 1. The van der Waals surface area contributed by atoms with E-state index in [9.17, 15) is 8.42 Å². The molecule has 0 saturated heterocycles. The molecule has 0 fully saturated rings. The van der Waals surface area contributed by atoms with Gasteiger partial charge in [0.25, 0.3) is 10.0 Å². The molecule has 114 valence electrons. The van der Waals surface area contributed by atoms with Crippen LogP contribution in [0.1, 0.15) is 24.2 Å². The summed E-state index contributed by atoms with van der Waals surface area (Å²) in [5.74, 6) is 0.631. The first-order chi connectivity index (χ1) is 9.85. The minimum atomic E-state index is -3.68. The molecular formula is C13H15ClN2O3S2. The van der Waals surface area contributed by atoms with Gasteiger partial charge in [-0.25, -0.2) is 18.1 Å². The second-order valence-corrected chi connectivity index (χ2v) is 7.92. The lowest BCUT2D eigenvalue weighted by Gasteiger charge is -2.16. The number of aryl methyl sites for hydroxylation is 1. The Balaban J connectivity index is 2.30. The van der Waals surface area contributed by atoms with Crippen molar-refractivity contribution in [1.82, 2.24) is 9.71 Å². The number of rotatable bonds is 5. The molecule has 1 aromatic heterocycles. The number of nitrogens with one attached hydrogen (secondary N) is 1. The fourth-order valence-corrected chi connectivity index (χ4v) is 4.95. The molecule has 8 heteroatoms. The molecule has 5 nitrogen and oxygen atoms in total. The molecule has 2 rings (SSSR count). The van der Waals surface area contributed by atoms with Crippen LogP contribution in [0.3, 0.4) is 0 Å². The Labute approximate surface area is 133 Å². The number of sulfonamides is 1. The van der Waals surface area contributed by atoms with Crippen LogP contribution in [0.5, 0.6) is 5.75 Å². The summed E-state index contributed by atoms with van der Waals surface area (Å²) < 4.78 is 33.0. The van der Waals surface area contributed by atoms with Crippen molar-refractivity contribution in [2.24, 2.45) is 0 Å². The third-order valence-electron chi connectivity index (χ3n) is 2.91. The number of benzene rings is 1. The number of thiazole rings is 1. The molecule has 21 heavy (non-hydrogen) atoms. The minimum absolute atomic E-state index is 0.134. The van der Waals surface area contributed by atoms with Gasteiger partial charge in [0.1, 0.15) is 5.75 Å².